The lowest BCUT2D eigenvalue weighted by Crippen LogP contribution is -2.23. The van der Waals surface area contributed by atoms with E-state index in [9.17, 15) is 4.79 Å². The molecule has 1 amide bonds. The largest absolute Gasteiger partial charge is 0.364 e. The molecule has 0 aliphatic rings. The molecule has 2 aromatic rings. The Labute approximate surface area is 91.4 Å². The Hall–Kier alpha value is -1.62. The molecular formula is C10H11N3OS. The molecule has 2 heterocycles. The smallest absolute Gasteiger partial charge is 0.271 e. The van der Waals surface area contributed by atoms with Gasteiger partial charge in [0, 0.05) is 17.3 Å². The summed E-state index contributed by atoms with van der Waals surface area (Å²) in [5.74, 6) is -0.131. The first kappa shape index (κ1) is 9.92. The van der Waals surface area contributed by atoms with Crippen LogP contribution in [0.2, 0.25) is 0 Å². The highest BCUT2D eigenvalue weighted by Crippen LogP contribution is 2.07. The van der Waals surface area contributed by atoms with Gasteiger partial charge in [-0.1, -0.05) is 0 Å². The zero-order valence-electron chi connectivity index (χ0n) is 8.28. The van der Waals surface area contributed by atoms with Gasteiger partial charge in [0.1, 0.15) is 5.69 Å². The number of hydrogen-bond acceptors (Lipinski definition) is 3. The second-order valence-electron chi connectivity index (χ2n) is 3.13. The van der Waals surface area contributed by atoms with E-state index in [0.29, 0.717) is 12.2 Å². The van der Waals surface area contributed by atoms with Crippen LogP contribution in [0.4, 0.5) is 0 Å². The first-order chi connectivity index (χ1) is 7.25. The van der Waals surface area contributed by atoms with Crippen LogP contribution < -0.4 is 5.32 Å². The normalized spacial score (nSPS) is 10.2. The molecule has 15 heavy (non-hydrogen) atoms. The number of aromatic amines is 1. The topological polar surface area (TPSA) is 57.8 Å². The number of aryl methyl sites for hydroxylation is 1. The van der Waals surface area contributed by atoms with E-state index < -0.39 is 0 Å². The van der Waals surface area contributed by atoms with Gasteiger partial charge in [0.15, 0.2) is 0 Å². The molecule has 0 spiro atoms. The van der Waals surface area contributed by atoms with E-state index >= 15 is 0 Å². The van der Waals surface area contributed by atoms with E-state index in [1.54, 1.807) is 5.38 Å². The quantitative estimate of drug-likeness (QED) is 0.829. The number of thiazole rings is 1. The summed E-state index contributed by atoms with van der Waals surface area (Å²) in [5.41, 5.74) is 1.47. The molecule has 2 aromatic heterocycles. The summed E-state index contributed by atoms with van der Waals surface area (Å²) in [6.45, 7) is 2.38. The van der Waals surface area contributed by atoms with E-state index in [2.05, 4.69) is 15.3 Å². The average Bonchev–Trinajstić information content (AvgIpc) is 2.84. The van der Waals surface area contributed by atoms with Crippen LogP contribution in [0.3, 0.4) is 0 Å². The Morgan fingerprint density at radius 2 is 2.53 bits per heavy atom. The minimum atomic E-state index is -0.131. The van der Waals surface area contributed by atoms with E-state index in [1.807, 2.05) is 25.3 Å². The van der Waals surface area contributed by atoms with E-state index in [0.717, 1.165) is 10.7 Å². The van der Waals surface area contributed by atoms with E-state index in [-0.39, 0.29) is 5.91 Å². The van der Waals surface area contributed by atoms with Gasteiger partial charge in [0.25, 0.3) is 5.91 Å². The summed E-state index contributed by atoms with van der Waals surface area (Å²) in [4.78, 5) is 18.7. The number of aromatic nitrogens is 2. The van der Waals surface area contributed by atoms with Crippen LogP contribution in [0, 0.1) is 6.92 Å². The molecule has 0 aliphatic carbocycles. The molecule has 0 aromatic carbocycles. The second kappa shape index (κ2) is 4.27. The van der Waals surface area contributed by atoms with Gasteiger partial charge < -0.3 is 10.3 Å². The summed E-state index contributed by atoms with van der Waals surface area (Å²) in [7, 11) is 0. The molecule has 0 unspecified atom stereocenters. The van der Waals surface area contributed by atoms with Gasteiger partial charge >= 0.3 is 0 Å². The zero-order chi connectivity index (χ0) is 10.7. The predicted octanol–water partition coefficient (Wildman–Crippen LogP) is 1.71. The van der Waals surface area contributed by atoms with Crippen molar-refractivity contribution in [3.8, 4) is 0 Å². The Morgan fingerprint density at radius 3 is 3.13 bits per heavy atom. The van der Waals surface area contributed by atoms with Gasteiger partial charge in [-0.2, -0.15) is 0 Å². The summed E-state index contributed by atoms with van der Waals surface area (Å²) < 4.78 is 0. The third-order valence-electron chi connectivity index (χ3n) is 1.95. The monoisotopic (exact) mass is 221 g/mol. The molecule has 0 aliphatic heterocycles. The van der Waals surface area contributed by atoms with Crippen molar-refractivity contribution in [3.05, 3.63) is 40.1 Å². The predicted molar refractivity (Wildman–Crippen MR) is 58.8 cm³/mol. The van der Waals surface area contributed by atoms with E-state index in [1.165, 1.54) is 11.3 Å². The fourth-order valence-corrected chi connectivity index (χ4v) is 1.80. The number of nitrogens with zero attached hydrogens (tertiary/aromatic N) is 1. The highest BCUT2D eigenvalue weighted by molar-refractivity contribution is 7.09. The molecule has 0 atom stereocenters. The third-order valence-corrected chi connectivity index (χ3v) is 2.73. The molecular weight excluding hydrogens is 210 g/mol. The van der Waals surface area contributed by atoms with Crippen LogP contribution in [0.15, 0.2) is 23.7 Å². The Bertz CT molecular complexity index is 447. The first-order valence-electron chi connectivity index (χ1n) is 4.58. The molecule has 2 N–H and O–H groups in total. The molecule has 78 valence electrons. The maximum atomic E-state index is 11.6. The van der Waals surface area contributed by atoms with Gasteiger partial charge in [-0.3, -0.25) is 4.79 Å². The van der Waals surface area contributed by atoms with Gasteiger partial charge in [0.2, 0.25) is 0 Å². The number of hydrogen-bond donors (Lipinski definition) is 2. The van der Waals surface area contributed by atoms with Crippen LogP contribution in [-0.4, -0.2) is 15.9 Å². The van der Waals surface area contributed by atoms with Crippen molar-refractivity contribution in [1.29, 1.82) is 0 Å². The minimum Gasteiger partial charge on any atom is -0.364 e. The zero-order valence-corrected chi connectivity index (χ0v) is 9.10. The van der Waals surface area contributed by atoms with Gasteiger partial charge in [-0.15, -0.1) is 11.3 Å². The average molecular weight is 221 g/mol. The lowest BCUT2D eigenvalue weighted by Gasteiger charge is -2.00. The maximum absolute atomic E-state index is 11.6. The first-order valence-corrected chi connectivity index (χ1v) is 5.46. The standard InChI is InChI=1S/C10H11N3OS/c1-7-13-9(6-15-7)10(14)12-5-8-3-2-4-11-8/h2-4,6,11H,5H2,1H3,(H,12,14). The van der Waals surface area contributed by atoms with Crippen LogP contribution in [0.5, 0.6) is 0 Å². The fraction of sp³-hybridized carbons (Fsp3) is 0.200. The Morgan fingerprint density at radius 1 is 1.67 bits per heavy atom. The Kier molecular flexibility index (Phi) is 2.82. The molecule has 2 rings (SSSR count). The summed E-state index contributed by atoms with van der Waals surface area (Å²) in [6.07, 6.45) is 1.83. The Balaban J connectivity index is 1.93. The molecule has 4 nitrogen and oxygen atoms in total. The highest BCUT2D eigenvalue weighted by atomic mass is 32.1. The van der Waals surface area contributed by atoms with Gasteiger partial charge in [0.05, 0.1) is 11.6 Å². The molecule has 0 bridgehead atoms. The van der Waals surface area contributed by atoms with Gasteiger partial charge in [-0.25, -0.2) is 4.98 Å². The van der Waals surface area contributed by atoms with Crippen LogP contribution in [0.25, 0.3) is 0 Å². The third kappa shape index (κ3) is 2.44. The highest BCUT2D eigenvalue weighted by Gasteiger charge is 2.08. The second-order valence-corrected chi connectivity index (χ2v) is 4.19. The summed E-state index contributed by atoms with van der Waals surface area (Å²) in [6, 6.07) is 3.82. The van der Waals surface area contributed by atoms with Crippen molar-refractivity contribution < 1.29 is 4.79 Å². The lowest BCUT2D eigenvalue weighted by molar-refractivity contribution is 0.0946. The van der Waals surface area contributed by atoms with Gasteiger partial charge in [-0.05, 0) is 19.1 Å². The SMILES string of the molecule is Cc1nc(C(=O)NCc2ccc[nH]2)cs1. The van der Waals surface area contributed by atoms with Crippen molar-refractivity contribution >= 4 is 17.2 Å². The van der Waals surface area contributed by atoms with Crippen molar-refractivity contribution in [2.45, 2.75) is 13.5 Å². The van der Waals surface area contributed by atoms with Crippen LogP contribution >= 0.6 is 11.3 Å². The van der Waals surface area contributed by atoms with Crippen molar-refractivity contribution in [3.63, 3.8) is 0 Å². The molecule has 0 saturated carbocycles. The summed E-state index contributed by atoms with van der Waals surface area (Å²) in [5, 5.41) is 5.45. The number of carbonyl (C=O) groups excluding carboxylic acids is 1. The van der Waals surface area contributed by atoms with Crippen molar-refractivity contribution in [2.24, 2.45) is 0 Å². The minimum absolute atomic E-state index is 0.131. The van der Waals surface area contributed by atoms with Crippen molar-refractivity contribution in [2.75, 3.05) is 0 Å². The molecule has 5 heteroatoms. The number of rotatable bonds is 3. The summed E-state index contributed by atoms with van der Waals surface area (Å²) >= 11 is 1.48. The van der Waals surface area contributed by atoms with E-state index in [4.69, 9.17) is 0 Å². The number of H-pyrrole nitrogens is 1. The number of nitrogens with one attached hydrogen (secondary N) is 2. The molecule has 0 saturated heterocycles. The fourth-order valence-electron chi connectivity index (χ4n) is 1.21. The van der Waals surface area contributed by atoms with Crippen LogP contribution in [-0.2, 0) is 6.54 Å². The van der Waals surface area contributed by atoms with Crippen molar-refractivity contribution in [1.82, 2.24) is 15.3 Å². The molecule has 0 fully saturated rings. The number of amides is 1. The van der Waals surface area contributed by atoms with Crippen LogP contribution in [0.1, 0.15) is 21.2 Å². The lowest BCUT2D eigenvalue weighted by atomic mass is 10.4. The number of carbonyl (C=O) groups is 1. The maximum Gasteiger partial charge on any atom is 0.271 e. The molecule has 0 radical (unpaired) electrons.